The van der Waals surface area contributed by atoms with E-state index in [-0.39, 0.29) is 18.6 Å². The van der Waals surface area contributed by atoms with Crippen LogP contribution in [0.25, 0.3) is 0 Å². The normalized spacial score (nSPS) is 24.8. The van der Waals surface area contributed by atoms with Gasteiger partial charge in [0, 0.05) is 6.54 Å². The van der Waals surface area contributed by atoms with Crippen molar-refractivity contribution in [3.8, 4) is 0 Å². The summed E-state index contributed by atoms with van der Waals surface area (Å²) in [5, 5.41) is 5.59. The fourth-order valence-corrected chi connectivity index (χ4v) is 0.513. The van der Waals surface area contributed by atoms with Gasteiger partial charge in [-0.15, -0.1) is 12.4 Å². The van der Waals surface area contributed by atoms with Gasteiger partial charge in [-0.05, 0) is 6.42 Å². The number of hydrogen-bond donors (Lipinski definition) is 2. The Morgan fingerprint density at radius 3 is 2.50 bits per heavy atom. The Labute approximate surface area is 54.2 Å². The molecule has 1 amide bonds. The molecule has 0 aromatic heterocycles. The summed E-state index contributed by atoms with van der Waals surface area (Å²) in [6.07, 6.45) is 2.05. The van der Waals surface area contributed by atoms with E-state index in [1.807, 2.05) is 0 Å². The van der Waals surface area contributed by atoms with Crippen molar-refractivity contribution in [3.05, 3.63) is 0 Å². The third-order valence-corrected chi connectivity index (χ3v) is 1.09. The molecule has 0 spiro atoms. The first-order valence-electron chi connectivity index (χ1n) is 2.36. The highest BCUT2D eigenvalue weighted by atomic mass is 35.5. The molecule has 1 saturated heterocycles. The lowest BCUT2D eigenvalue weighted by Gasteiger charge is -2.26. The van der Waals surface area contributed by atoms with E-state index < -0.39 is 0 Å². The largest absolute Gasteiger partial charge is 0.343 e. The van der Waals surface area contributed by atoms with Crippen LogP contribution in [0.15, 0.2) is 0 Å². The van der Waals surface area contributed by atoms with Crippen LogP contribution in [0, 0.1) is 0 Å². The molecule has 1 rings (SSSR count). The number of rotatable bonds is 2. The Balaban J connectivity index is 0.000000490. The van der Waals surface area contributed by atoms with Crippen molar-refractivity contribution in [1.29, 1.82) is 0 Å². The molecular weight excluding hydrogens is 128 g/mol. The molecule has 1 aliphatic heterocycles. The van der Waals surface area contributed by atoms with E-state index in [2.05, 4.69) is 10.6 Å². The molecule has 0 saturated carbocycles. The molecule has 0 bridgehead atoms. The Hall–Kier alpha value is -0.280. The van der Waals surface area contributed by atoms with Crippen molar-refractivity contribution in [2.45, 2.75) is 12.6 Å². The summed E-state index contributed by atoms with van der Waals surface area (Å²) in [5.74, 6) is 0. The third kappa shape index (κ3) is 1.68. The molecule has 8 heavy (non-hydrogen) atoms. The lowest BCUT2D eigenvalue weighted by atomic mass is 10.2. The Morgan fingerprint density at radius 1 is 1.75 bits per heavy atom. The number of halogens is 1. The molecule has 0 aliphatic carbocycles. The van der Waals surface area contributed by atoms with Gasteiger partial charge in [0.05, 0.1) is 6.17 Å². The second kappa shape index (κ2) is 3.69. The summed E-state index contributed by atoms with van der Waals surface area (Å²) in [7, 11) is 0. The van der Waals surface area contributed by atoms with Crippen LogP contribution in [0.1, 0.15) is 6.42 Å². The first kappa shape index (κ1) is 7.72. The van der Waals surface area contributed by atoms with Crippen LogP contribution >= 0.6 is 12.4 Å². The van der Waals surface area contributed by atoms with Crippen LogP contribution in [-0.2, 0) is 4.79 Å². The van der Waals surface area contributed by atoms with Crippen LogP contribution in [0.3, 0.4) is 0 Å². The summed E-state index contributed by atoms with van der Waals surface area (Å²) in [6.45, 7) is 1.03. The summed E-state index contributed by atoms with van der Waals surface area (Å²) in [4.78, 5) is 9.66. The zero-order valence-electron chi connectivity index (χ0n) is 4.39. The molecular formula is C4H9ClN2O. The molecule has 1 unspecified atom stereocenters. The minimum atomic E-state index is 0. The monoisotopic (exact) mass is 136 g/mol. The summed E-state index contributed by atoms with van der Waals surface area (Å²) < 4.78 is 0. The minimum Gasteiger partial charge on any atom is -0.343 e. The third-order valence-electron chi connectivity index (χ3n) is 1.09. The van der Waals surface area contributed by atoms with Crippen LogP contribution in [0.4, 0.5) is 0 Å². The fourth-order valence-electron chi connectivity index (χ4n) is 0.513. The standard InChI is InChI=1S/C4H8N2O.ClH/c7-3-6-4-1-2-5-4;/h3-5H,1-2H2,(H,6,7);1H. The van der Waals surface area contributed by atoms with Crippen LogP contribution in [-0.4, -0.2) is 19.1 Å². The van der Waals surface area contributed by atoms with Crippen LogP contribution in [0.5, 0.6) is 0 Å². The second-order valence-electron chi connectivity index (χ2n) is 1.58. The van der Waals surface area contributed by atoms with Gasteiger partial charge in [0.2, 0.25) is 6.41 Å². The summed E-state index contributed by atoms with van der Waals surface area (Å²) >= 11 is 0. The van der Waals surface area contributed by atoms with Crippen LogP contribution < -0.4 is 10.6 Å². The number of carbonyl (C=O) groups excluding carboxylic acids is 1. The van der Waals surface area contributed by atoms with Crippen molar-refractivity contribution >= 4 is 18.8 Å². The van der Waals surface area contributed by atoms with Crippen LogP contribution in [0.2, 0.25) is 0 Å². The van der Waals surface area contributed by atoms with E-state index in [0.717, 1.165) is 19.4 Å². The van der Waals surface area contributed by atoms with Crippen molar-refractivity contribution in [3.63, 3.8) is 0 Å². The van der Waals surface area contributed by atoms with E-state index in [0.29, 0.717) is 0 Å². The number of amides is 1. The predicted octanol–water partition coefficient (Wildman–Crippen LogP) is -0.526. The molecule has 2 N–H and O–H groups in total. The first-order chi connectivity index (χ1) is 3.43. The minimum absolute atomic E-state index is 0. The Kier molecular flexibility index (Phi) is 3.56. The quantitative estimate of drug-likeness (QED) is 0.502. The average molecular weight is 137 g/mol. The summed E-state index contributed by atoms with van der Waals surface area (Å²) in [6, 6.07) is 0. The van der Waals surface area contributed by atoms with Gasteiger partial charge < -0.3 is 5.32 Å². The molecule has 4 heteroatoms. The van der Waals surface area contributed by atoms with Gasteiger partial charge in [0.15, 0.2) is 0 Å². The van der Waals surface area contributed by atoms with E-state index in [4.69, 9.17) is 0 Å². The van der Waals surface area contributed by atoms with Crippen molar-refractivity contribution < 1.29 is 4.79 Å². The topological polar surface area (TPSA) is 41.1 Å². The van der Waals surface area contributed by atoms with Crippen molar-refractivity contribution in [2.75, 3.05) is 6.54 Å². The first-order valence-corrected chi connectivity index (χ1v) is 2.36. The van der Waals surface area contributed by atoms with Gasteiger partial charge in [-0.1, -0.05) is 0 Å². The van der Waals surface area contributed by atoms with Gasteiger partial charge in [-0.3, -0.25) is 10.1 Å². The Morgan fingerprint density at radius 2 is 2.38 bits per heavy atom. The van der Waals surface area contributed by atoms with E-state index in [9.17, 15) is 4.79 Å². The molecule has 3 nitrogen and oxygen atoms in total. The number of hydrogen-bond acceptors (Lipinski definition) is 2. The highest BCUT2D eigenvalue weighted by Gasteiger charge is 2.13. The summed E-state index contributed by atoms with van der Waals surface area (Å²) in [5.41, 5.74) is 0. The lowest BCUT2D eigenvalue weighted by molar-refractivity contribution is -0.110. The molecule has 1 aliphatic rings. The van der Waals surface area contributed by atoms with E-state index in [1.165, 1.54) is 0 Å². The van der Waals surface area contributed by atoms with Gasteiger partial charge in [0.1, 0.15) is 0 Å². The molecule has 1 fully saturated rings. The second-order valence-corrected chi connectivity index (χ2v) is 1.58. The van der Waals surface area contributed by atoms with Gasteiger partial charge >= 0.3 is 0 Å². The maximum atomic E-state index is 9.66. The zero-order valence-corrected chi connectivity index (χ0v) is 5.20. The fraction of sp³-hybridized carbons (Fsp3) is 0.750. The molecule has 0 aromatic carbocycles. The zero-order chi connectivity index (χ0) is 5.11. The van der Waals surface area contributed by atoms with Gasteiger partial charge in [-0.2, -0.15) is 0 Å². The SMILES string of the molecule is Cl.O=CNC1CCN1. The maximum Gasteiger partial charge on any atom is 0.208 e. The molecule has 0 aromatic rings. The highest BCUT2D eigenvalue weighted by Crippen LogP contribution is 1.94. The number of nitrogens with one attached hydrogen (secondary N) is 2. The highest BCUT2D eigenvalue weighted by molar-refractivity contribution is 5.85. The Bertz CT molecular complexity index is 74.4. The smallest absolute Gasteiger partial charge is 0.208 e. The van der Waals surface area contributed by atoms with Crippen molar-refractivity contribution in [1.82, 2.24) is 10.6 Å². The predicted molar refractivity (Wildman–Crippen MR) is 32.9 cm³/mol. The number of carbonyl (C=O) groups is 1. The van der Waals surface area contributed by atoms with Gasteiger partial charge in [0.25, 0.3) is 0 Å². The molecule has 1 atom stereocenters. The van der Waals surface area contributed by atoms with Gasteiger partial charge in [-0.25, -0.2) is 0 Å². The maximum absolute atomic E-state index is 9.66. The average Bonchev–Trinajstić information content (AvgIpc) is 1.55. The lowest BCUT2D eigenvalue weighted by Crippen LogP contribution is -2.52. The van der Waals surface area contributed by atoms with E-state index in [1.54, 1.807) is 0 Å². The van der Waals surface area contributed by atoms with E-state index >= 15 is 0 Å². The molecule has 1 heterocycles. The molecule has 48 valence electrons. The molecule has 0 radical (unpaired) electrons. The van der Waals surface area contributed by atoms with Crippen molar-refractivity contribution in [2.24, 2.45) is 0 Å².